The van der Waals surface area contributed by atoms with Crippen molar-refractivity contribution in [3.05, 3.63) is 71.2 Å². The molecular weight excluding hydrogens is 420 g/mol. The van der Waals surface area contributed by atoms with E-state index >= 15 is 0 Å². The molecule has 4 heterocycles. The van der Waals surface area contributed by atoms with Crippen molar-refractivity contribution in [3.8, 4) is 0 Å². The number of hydrogen-bond donors (Lipinski definition) is 2. The van der Waals surface area contributed by atoms with Crippen molar-refractivity contribution in [2.45, 2.75) is 50.9 Å². The highest BCUT2D eigenvalue weighted by atomic mass is 16.5. The van der Waals surface area contributed by atoms with E-state index < -0.39 is 11.9 Å². The molecule has 0 saturated heterocycles. The number of benzene rings is 1. The van der Waals surface area contributed by atoms with Crippen molar-refractivity contribution in [2.24, 2.45) is 0 Å². The fourth-order valence-electron chi connectivity index (χ4n) is 4.26. The molecule has 8 nitrogen and oxygen atoms in total. The van der Waals surface area contributed by atoms with Crippen molar-refractivity contribution in [1.29, 1.82) is 0 Å². The predicted octanol–water partition coefficient (Wildman–Crippen LogP) is 4.55. The Morgan fingerprint density at radius 2 is 2.03 bits per heavy atom. The van der Waals surface area contributed by atoms with Crippen LogP contribution in [0.3, 0.4) is 0 Å². The van der Waals surface area contributed by atoms with Crippen LogP contribution in [0.1, 0.15) is 53.9 Å². The quantitative estimate of drug-likeness (QED) is 0.385. The van der Waals surface area contributed by atoms with E-state index in [1.165, 1.54) is 5.56 Å². The van der Waals surface area contributed by atoms with E-state index in [2.05, 4.69) is 27.6 Å². The molecule has 0 fully saturated rings. The fourth-order valence-corrected chi connectivity index (χ4v) is 4.26. The Hall–Kier alpha value is -3.68. The first-order chi connectivity index (χ1) is 16.2. The highest BCUT2D eigenvalue weighted by Gasteiger charge is 2.25. The number of para-hydroxylation sites is 1. The zero-order chi connectivity index (χ0) is 22.6. The number of rotatable bonds is 9. The maximum atomic E-state index is 11.8. The van der Waals surface area contributed by atoms with E-state index in [1.807, 2.05) is 24.3 Å². The van der Waals surface area contributed by atoms with Crippen LogP contribution in [0.15, 0.2) is 51.4 Å². The molecule has 3 aromatic heterocycles. The Balaban J connectivity index is 1.15. The summed E-state index contributed by atoms with van der Waals surface area (Å²) in [6.07, 6.45) is 5.32. The van der Waals surface area contributed by atoms with Crippen molar-refractivity contribution < 1.29 is 18.8 Å². The molecule has 2 N–H and O–H groups in total. The summed E-state index contributed by atoms with van der Waals surface area (Å²) < 4.78 is 11.1. The highest BCUT2D eigenvalue weighted by molar-refractivity contribution is 5.81. The lowest BCUT2D eigenvalue weighted by molar-refractivity contribution is -0.139. The molecule has 1 aromatic carbocycles. The van der Waals surface area contributed by atoms with Crippen LogP contribution in [0.4, 0.5) is 5.82 Å². The highest BCUT2D eigenvalue weighted by Crippen LogP contribution is 2.28. The minimum absolute atomic E-state index is 0.322. The van der Waals surface area contributed by atoms with Gasteiger partial charge in [-0.3, -0.25) is 4.79 Å². The summed E-state index contributed by atoms with van der Waals surface area (Å²) in [7, 11) is 0. The summed E-state index contributed by atoms with van der Waals surface area (Å²) >= 11 is 0. The van der Waals surface area contributed by atoms with Crippen molar-refractivity contribution >= 4 is 22.8 Å². The van der Waals surface area contributed by atoms with E-state index in [1.54, 1.807) is 6.07 Å². The van der Waals surface area contributed by atoms with E-state index in [9.17, 15) is 9.90 Å². The minimum Gasteiger partial charge on any atom is -0.481 e. The number of hydrogen-bond acceptors (Lipinski definition) is 7. The van der Waals surface area contributed by atoms with Crippen LogP contribution >= 0.6 is 0 Å². The third-order valence-corrected chi connectivity index (χ3v) is 6.03. The molecule has 1 unspecified atom stereocenters. The van der Waals surface area contributed by atoms with E-state index in [4.69, 9.17) is 13.9 Å². The number of nitrogens with one attached hydrogen (secondary N) is 1. The van der Waals surface area contributed by atoms with Crippen LogP contribution in [-0.4, -0.2) is 32.7 Å². The normalized spacial score (nSPS) is 14.1. The molecule has 0 bridgehead atoms. The molecule has 1 aliphatic heterocycles. The summed E-state index contributed by atoms with van der Waals surface area (Å²) in [4.78, 5) is 21.0. The number of pyridine rings is 1. The third kappa shape index (κ3) is 4.89. The summed E-state index contributed by atoms with van der Waals surface area (Å²) in [5.41, 5.74) is 3.03. The van der Waals surface area contributed by atoms with Crippen LogP contribution in [0, 0.1) is 0 Å². The van der Waals surface area contributed by atoms with Crippen LogP contribution in [0.2, 0.25) is 0 Å². The van der Waals surface area contributed by atoms with Gasteiger partial charge in [0.05, 0.1) is 0 Å². The molecule has 4 aromatic rings. The zero-order valence-corrected chi connectivity index (χ0v) is 18.3. The fraction of sp³-hybridized carbons (Fsp3) is 0.360. The third-order valence-electron chi connectivity index (χ3n) is 6.03. The van der Waals surface area contributed by atoms with E-state index in [0.717, 1.165) is 49.1 Å². The van der Waals surface area contributed by atoms with Gasteiger partial charge in [0, 0.05) is 30.5 Å². The number of carboxylic acid groups (broad SMARTS) is 1. The lowest BCUT2D eigenvalue weighted by Crippen LogP contribution is -2.14. The smallest absolute Gasteiger partial charge is 0.314 e. The van der Waals surface area contributed by atoms with Gasteiger partial charge < -0.3 is 19.4 Å². The number of fused-ring (bicyclic) bond motifs is 2. The predicted molar refractivity (Wildman–Crippen MR) is 122 cm³/mol. The average molecular weight is 447 g/mol. The largest absolute Gasteiger partial charge is 0.481 e. The number of aryl methyl sites for hydroxylation is 4. The summed E-state index contributed by atoms with van der Waals surface area (Å²) in [6, 6.07) is 13.5. The van der Waals surface area contributed by atoms with Crippen LogP contribution < -0.4 is 5.32 Å². The van der Waals surface area contributed by atoms with E-state index in [0.29, 0.717) is 42.3 Å². The maximum absolute atomic E-state index is 11.8. The van der Waals surface area contributed by atoms with Crippen LogP contribution in [0.25, 0.3) is 11.0 Å². The molecular formula is C25H26N4O4. The second-order valence-corrected chi connectivity index (χ2v) is 8.41. The Morgan fingerprint density at radius 3 is 2.91 bits per heavy atom. The lowest BCUT2D eigenvalue weighted by Gasteiger charge is -2.17. The summed E-state index contributed by atoms with van der Waals surface area (Å²) in [5.74, 6) is 0.839. The minimum atomic E-state index is -0.930. The van der Waals surface area contributed by atoms with Gasteiger partial charge in [0.25, 0.3) is 0 Å². The molecule has 5 rings (SSSR count). The number of aliphatic carboxylic acids is 1. The van der Waals surface area contributed by atoms with Gasteiger partial charge in [0.1, 0.15) is 23.1 Å². The Bertz CT molecular complexity index is 1230. The van der Waals surface area contributed by atoms with Gasteiger partial charge >= 0.3 is 5.97 Å². The molecule has 1 aliphatic rings. The average Bonchev–Trinajstić information content (AvgIpc) is 3.46. The van der Waals surface area contributed by atoms with Crippen LogP contribution in [-0.2, 0) is 30.5 Å². The van der Waals surface area contributed by atoms with Gasteiger partial charge in [-0.2, -0.15) is 4.98 Å². The lowest BCUT2D eigenvalue weighted by atomic mass is 10.0. The number of aromatic nitrogens is 3. The molecule has 8 heteroatoms. The molecule has 0 spiro atoms. The topological polar surface area (TPSA) is 114 Å². The first-order valence-corrected chi connectivity index (χ1v) is 11.4. The van der Waals surface area contributed by atoms with Gasteiger partial charge in [0.15, 0.2) is 5.82 Å². The number of carboxylic acids is 1. The monoisotopic (exact) mass is 446 g/mol. The number of furan rings is 1. The number of carbonyl (C=O) groups is 1. The van der Waals surface area contributed by atoms with Gasteiger partial charge in [0.2, 0.25) is 5.89 Å². The number of anilines is 1. The Kier molecular flexibility index (Phi) is 6.06. The summed E-state index contributed by atoms with van der Waals surface area (Å²) in [5, 5.41) is 18.0. The molecule has 0 radical (unpaired) electrons. The first-order valence-electron chi connectivity index (χ1n) is 11.4. The Labute approximate surface area is 191 Å². The zero-order valence-electron chi connectivity index (χ0n) is 18.3. The summed E-state index contributed by atoms with van der Waals surface area (Å²) in [6.45, 7) is 0.980. The molecule has 33 heavy (non-hydrogen) atoms. The maximum Gasteiger partial charge on any atom is 0.314 e. The second kappa shape index (κ2) is 9.44. The van der Waals surface area contributed by atoms with Crippen molar-refractivity contribution in [2.75, 3.05) is 11.9 Å². The molecule has 170 valence electrons. The standard InChI is InChI=1S/C25H26N4O4/c30-25(31)19(21-15-17-5-1-2-8-20(17)32-21)12-13-23-28-22(29-33-23)9-3-7-18-11-10-16-6-4-14-26-24(16)27-18/h1-2,5,8,10-11,15,19H,3-4,6-7,9,12-14H2,(H,26,27)(H,30,31). The van der Waals surface area contributed by atoms with Gasteiger partial charge in [-0.25, -0.2) is 4.98 Å². The second-order valence-electron chi connectivity index (χ2n) is 8.41. The SMILES string of the molecule is O=C(O)C(CCc1nc(CCCc2ccc3c(n2)NCCC3)no1)c1cc2ccccc2o1. The molecule has 0 aliphatic carbocycles. The van der Waals surface area contributed by atoms with Crippen molar-refractivity contribution in [3.63, 3.8) is 0 Å². The molecule has 0 saturated carbocycles. The molecule has 0 amide bonds. The number of nitrogens with zero attached hydrogens (tertiary/aromatic N) is 3. The van der Waals surface area contributed by atoms with Crippen LogP contribution in [0.5, 0.6) is 0 Å². The van der Waals surface area contributed by atoms with Crippen molar-refractivity contribution in [1.82, 2.24) is 15.1 Å². The van der Waals surface area contributed by atoms with Gasteiger partial charge in [-0.1, -0.05) is 29.4 Å². The van der Waals surface area contributed by atoms with Gasteiger partial charge in [-0.05, 0) is 55.9 Å². The van der Waals surface area contributed by atoms with E-state index in [-0.39, 0.29) is 0 Å². The Morgan fingerprint density at radius 1 is 1.12 bits per heavy atom. The van der Waals surface area contributed by atoms with Gasteiger partial charge in [-0.15, -0.1) is 0 Å². The first kappa shape index (κ1) is 21.2. The molecule has 1 atom stereocenters.